The average molecular weight is 551 g/mol. The van der Waals surface area contributed by atoms with E-state index in [2.05, 4.69) is 49.4 Å². The molecule has 0 saturated heterocycles. The first-order chi connectivity index (χ1) is 20.0. The van der Waals surface area contributed by atoms with Crippen molar-refractivity contribution in [3.63, 3.8) is 0 Å². The molecule has 0 aliphatic carbocycles. The number of aliphatic hydroxyl groups excluding tert-OH is 1. The van der Waals surface area contributed by atoms with E-state index in [9.17, 15) is 5.11 Å². The van der Waals surface area contributed by atoms with Crippen molar-refractivity contribution in [2.75, 3.05) is 20.0 Å². The molecule has 0 amide bonds. The summed E-state index contributed by atoms with van der Waals surface area (Å²) in [7, 11) is 0. The fourth-order valence-corrected chi connectivity index (χ4v) is 5.19. The quantitative estimate of drug-likeness (QED) is 0.0711. The maximum atomic E-state index is 11.3. The zero-order chi connectivity index (χ0) is 28.9. The third-order valence-electron chi connectivity index (χ3n) is 7.32. The van der Waals surface area contributed by atoms with Gasteiger partial charge in [0.15, 0.2) is 0 Å². The predicted molar refractivity (Wildman–Crippen MR) is 165 cm³/mol. The van der Waals surface area contributed by atoms with Crippen molar-refractivity contribution >= 4 is 0 Å². The summed E-state index contributed by atoms with van der Waals surface area (Å²) in [5.41, 5.74) is 4.36. The van der Waals surface area contributed by atoms with Crippen LogP contribution in [-0.2, 0) is 26.4 Å². The molecule has 214 valence electrons. The summed E-state index contributed by atoms with van der Waals surface area (Å²) >= 11 is 0. The molecule has 0 heterocycles. The van der Waals surface area contributed by atoms with Crippen LogP contribution in [-0.4, -0.2) is 31.2 Å². The van der Waals surface area contributed by atoms with Crippen molar-refractivity contribution in [2.24, 2.45) is 11.8 Å². The van der Waals surface area contributed by atoms with Crippen LogP contribution < -0.4 is 0 Å². The normalized spacial score (nSPS) is 14.4. The van der Waals surface area contributed by atoms with Gasteiger partial charge in [-0.05, 0) is 40.7 Å². The van der Waals surface area contributed by atoms with Crippen LogP contribution in [0.3, 0.4) is 0 Å². The van der Waals surface area contributed by atoms with Crippen molar-refractivity contribution in [3.8, 4) is 0 Å². The first-order valence-electron chi connectivity index (χ1n) is 14.4. The summed E-state index contributed by atoms with van der Waals surface area (Å²) in [5, 5.41) is 11.3. The SMILES string of the molecule is C/C(=C\[C@H](C)COCOCc1ccccc1)[C@H](O)[C@@H](C)COC(c1ccccc1)(c1ccccc1)c1ccccc1. The zero-order valence-electron chi connectivity index (χ0n) is 24.4. The molecule has 4 nitrogen and oxygen atoms in total. The van der Waals surface area contributed by atoms with Gasteiger partial charge in [-0.15, -0.1) is 0 Å². The van der Waals surface area contributed by atoms with E-state index in [1.807, 2.05) is 98.8 Å². The highest BCUT2D eigenvalue weighted by molar-refractivity contribution is 5.47. The highest BCUT2D eigenvalue weighted by atomic mass is 16.7. The van der Waals surface area contributed by atoms with Crippen molar-refractivity contribution in [1.82, 2.24) is 0 Å². The van der Waals surface area contributed by atoms with Gasteiger partial charge in [0.05, 0.1) is 25.9 Å². The summed E-state index contributed by atoms with van der Waals surface area (Å²) in [4.78, 5) is 0. The van der Waals surface area contributed by atoms with Crippen molar-refractivity contribution < 1.29 is 19.3 Å². The fourth-order valence-electron chi connectivity index (χ4n) is 5.19. The summed E-state index contributed by atoms with van der Waals surface area (Å²) in [6.45, 7) is 7.73. The van der Waals surface area contributed by atoms with Crippen LogP contribution in [0.1, 0.15) is 43.0 Å². The lowest BCUT2D eigenvalue weighted by Crippen LogP contribution is -2.36. The third-order valence-corrected chi connectivity index (χ3v) is 7.32. The Kier molecular flexibility index (Phi) is 11.5. The predicted octanol–water partition coefficient (Wildman–Crippen LogP) is 7.77. The highest BCUT2D eigenvalue weighted by Gasteiger charge is 2.38. The molecule has 0 saturated carbocycles. The maximum Gasteiger partial charge on any atom is 0.147 e. The van der Waals surface area contributed by atoms with Crippen molar-refractivity contribution in [1.29, 1.82) is 0 Å². The van der Waals surface area contributed by atoms with E-state index in [1.165, 1.54) is 0 Å². The first-order valence-corrected chi connectivity index (χ1v) is 14.4. The summed E-state index contributed by atoms with van der Waals surface area (Å²) in [6.07, 6.45) is 1.43. The van der Waals surface area contributed by atoms with E-state index >= 15 is 0 Å². The monoisotopic (exact) mass is 550 g/mol. The van der Waals surface area contributed by atoms with Gasteiger partial charge >= 0.3 is 0 Å². The fraction of sp³-hybridized carbons (Fsp3) is 0.297. The Labute approximate surface area is 245 Å². The van der Waals surface area contributed by atoms with Gasteiger partial charge in [-0.25, -0.2) is 0 Å². The van der Waals surface area contributed by atoms with Crippen LogP contribution in [0.2, 0.25) is 0 Å². The van der Waals surface area contributed by atoms with E-state index in [0.717, 1.165) is 27.8 Å². The molecule has 0 fully saturated rings. The standard InChI is InChI=1S/C37H42O4/c1-29(25-39-28-40-27-32-16-8-4-9-17-32)24-30(2)36(38)31(3)26-41-37(33-18-10-5-11-19-33,34-20-12-6-13-21-34)35-22-14-7-15-23-35/h4-24,29,31,36,38H,25-28H2,1-3H3/b30-24+/t29-,31-,36-/m0/s1. The van der Waals surface area contributed by atoms with Gasteiger partial charge in [-0.2, -0.15) is 0 Å². The molecule has 4 aromatic carbocycles. The minimum absolute atomic E-state index is 0.134. The second kappa shape index (κ2) is 15.5. The largest absolute Gasteiger partial charge is 0.388 e. The second-order valence-corrected chi connectivity index (χ2v) is 10.7. The molecular formula is C37H42O4. The van der Waals surface area contributed by atoms with Gasteiger partial charge in [0.2, 0.25) is 0 Å². The van der Waals surface area contributed by atoms with Crippen LogP contribution >= 0.6 is 0 Å². The zero-order valence-corrected chi connectivity index (χ0v) is 24.4. The Bertz CT molecular complexity index is 1210. The van der Waals surface area contributed by atoms with Gasteiger partial charge in [0, 0.05) is 5.92 Å². The van der Waals surface area contributed by atoms with E-state index in [0.29, 0.717) is 19.8 Å². The van der Waals surface area contributed by atoms with Gasteiger partial charge in [-0.3, -0.25) is 0 Å². The first kappa shape index (κ1) is 30.4. The molecule has 1 N–H and O–H groups in total. The smallest absolute Gasteiger partial charge is 0.147 e. The molecule has 0 spiro atoms. The molecule has 0 bridgehead atoms. The number of aliphatic hydroxyl groups is 1. The molecular weight excluding hydrogens is 508 g/mol. The lowest BCUT2D eigenvalue weighted by Gasteiger charge is -2.37. The summed E-state index contributed by atoms with van der Waals surface area (Å²) in [5.74, 6) is -0.000716. The Balaban J connectivity index is 1.41. The van der Waals surface area contributed by atoms with Crippen LogP contribution in [0.4, 0.5) is 0 Å². The minimum atomic E-state index is -0.809. The van der Waals surface area contributed by atoms with Crippen LogP contribution in [0.15, 0.2) is 133 Å². The molecule has 4 aromatic rings. The minimum Gasteiger partial charge on any atom is -0.388 e. The van der Waals surface area contributed by atoms with E-state index in [-0.39, 0.29) is 18.6 Å². The Hall–Kier alpha value is -3.54. The number of ether oxygens (including phenoxy) is 3. The van der Waals surface area contributed by atoms with E-state index < -0.39 is 11.7 Å². The molecule has 0 radical (unpaired) electrons. The Morgan fingerprint density at radius 2 is 1.15 bits per heavy atom. The third kappa shape index (κ3) is 8.25. The second-order valence-electron chi connectivity index (χ2n) is 10.7. The van der Waals surface area contributed by atoms with Crippen LogP contribution in [0.25, 0.3) is 0 Å². The van der Waals surface area contributed by atoms with Crippen molar-refractivity contribution in [3.05, 3.63) is 155 Å². The molecule has 0 aromatic heterocycles. The number of hydrogen-bond donors (Lipinski definition) is 1. The number of rotatable bonds is 15. The molecule has 0 aliphatic rings. The topological polar surface area (TPSA) is 47.9 Å². The van der Waals surface area contributed by atoms with Gasteiger partial charge in [0.25, 0.3) is 0 Å². The summed E-state index contributed by atoms with van der Waals surface area (Å²) < 4.78 is 18.3. The van der Waals surface area contributed by atoms with E-state index in [1.54, 1.807) is 0 Å². The van der Waals surface area contributed by atoms with Crippen LogP contribution in [0.5, 0.6) is 0 Å². The Morgan fingerprint density at radius 3 is 1.63 bits per heavy atom. The molecule has 3 atom stereocenters. The van der Waals surface area contributed by atoms with E-state index in [4.69, 9.17) is 14.2 Å². The molecule has 4 rings (SSSR count). The summed E-state index contributed by atoms with van der Waals surface area (Å²) in [6, 6.07) is 41.0. The maximum absolute atomic E-state index is 11.3. The number of benzene rings is 4. The van der Waals surface area contributed by atoms with Crippen LogP contribution in [0, 0.1) is 11.8 Å². The highest BCUT2D eigenvalue weighted by Crippen LogP contribution is 2.41. The number of hydrogen-bond acceptors (Lipinski definition) is 4. The van der Waals surface area contributed by atoms with Crippen molar-refractivity contribution in [2.45, 2.75) is 39.1 Å². The van der Waals surface area contributed by atoms with Gasteiger partial charge in [0.1, 0.15) is 12.4 Å². The lowest BCUT2D eigenvalue weighted by atomic mass is 9.80. The van der Waals surface area contributed by atoms with Gasteiger partial charge in [-0.1, -0.05) is 141 Å². The molecule has 0 unspecified atom stereocenters. The van der Waals surface area contributed by atoms with Gasteiger partial charge < -0.3 is 19.3 Å². The lowest BCUT2D eigenvalue weighted by molar-refractivity contribution is -0.0669. The molecule has 4 heteroatoms. The molecule has 41 heavy (non-hydrogen) atoms. The molecule has 0 aliphatic heterocycles. The Morgan fingerprint density at radius 1 is 0.683 bits per heavy atom. The average Bonchev–Trinajstić information content (AvgIpc) is 3.02.